The van der Waals surface area contributed by atoms with Gasteiger partial charge in [0.25, 0.3) is 0 Å². The predicted octanol–water partition coefficient (Wildman–Crippen LogP) is 5.14. The molecule has 1 rings (SSSR count). The molecule has 1 saturated carbocycles. The minimum absolute atomic E-state index is 0.150. The van der Waals surface area contributed by atoms with Crippen LogP contribution >= 0.6 is 0 Å². The fourth-order valence-corrected chi connectivity index (χ4v) is 3.62. The number of rotatable bonds is 6. The average molecular weight is 253 g/mol. The molecule has 1 aliphatic carbocycles. The van der Waals surface area contributed by atoms with E-state index in [0.29, 0.717) is 5.41 Å². The summed E-state index contributed by atoms with van der Waals surface area (Å²) in [4.78, 5) is 0. The first-order valence-electron chi connectivity index (χ1n) is 8.15. The molecule has 0 unspecified atom stereocenters. The minimum Gasteiger partial charge on any atom is -0.325 e. The van der Waals surface area contributed by atoms with E-state index in [1.54, 1.807) is 0 Å². The van der Waals surface area contributed by atoms with Gasteiger partial charge in [-0.1, -0.05) is 53.9 Å². The second kappa shape index (κ2) is 6.41. The molecule has 1 fully saturated rings. The summed E-state index contributed by atoms with van der Waals surface area (Å²) in [6.07, 6.45) is 10.3. The van der Waals surface area contributed by atoms with Gasteiger partial charge in [-0.25, -0.2) is 0 Å². The van der Waals surface area contributed by atoms with Crippen LogP contribution in [0, 0.1) is 17.3 Å². The van der Waals surface area contributed by atoms with Crippen molar-refractivity contribution in [3.8, 4) is 0 Å². The Balaban J connectivity index is 2.51. The van der Waals surface area contributed by atoms with Crippen molar-refractivity contribution in [2.45, 2.75) is 91.5 Å². The molecule has 0 heterocycles. The highest BCUT2D eigenvalue weighted by atomic mass is 14.7. The van der Waals surface area contributed by atoms with E-state index in [-0.39, 0.29) is 5.54 Å². The molecule has 108 valence electrons. The van der Waals surface area contributed by atoms with Crippen molar-refractivity contribution in [1.82, 2.24) is 0 Å². The molecule has 18 heavy (non-hydrogen) atoms. The van der Waals surface area contributed by atoms with Crippen molar-refractivity contribution >= 4 is 0 Å². The molecule has 0 bridgehead atoms. The first-order valence-corrected chi connectivity index (χ1v) is 8.15. The summed E-state index contributed by atoms with van der Waals surface area (Å²) in [6.45, 7) is 11.8. The van der Waals surface area contributed by atoms with Crippen LogP contribution in [0.1, 0.15) is 86.0 Å². The topological polar surface area (TPSA) is 26.0 Å². The first-order chi connectivity index (χ1) is 8.37. The zero-order chi connectivity index (χ0) is 13.8. The number of nitrogens with two attached hydrogens (primary N) is 1. The van der Waals surface area contributed by atoms with Crippen molar-refractivity contribution < 1.29 is 0 Å². The Bertz CT molecular complexity index is 232. The molecule has 0 aromatic carbocycles. The maximum absolute atomic E-state index is 6.66. The highest BCUT2D eigenvalue weighted by molar-refractivity contribution is 4.94. The standard InChI is InChI=1S/C17H35N/c1-6-14(7-2)13-17(18)11-9-15(10-12-17)16(4,5)8-3/h14-15H,6-13,18H2,1-5H3. The molecule has 1 nitrogen and oxygen atoms in total. The molecule has 1 aliphatic rings. The van der Waals surface area contributed by atoms with Crippen LogP contribution in [-0.4, -0.2) is 5.54 Å². The molecule has 0 aromatic heterocycles. The lowest BCUT2D eigenvalue weighted by Gasteiger charge is -2.44. The van der Waals surface area contributed by atoms with Crippen LogP contribution in [0.4, 0.5) is 0 Å². The highest BCUT2D eigenvalue weighted by Crippen LogP contribution is 2.44. The zero-order valence-corrected chi connectivity index (χ0v) is 13.4. The van der Waals surface area contributed by atoms with Gasteiger partial charge in [0.15, 0.2) is 0 Å². The highest BCUT2D eigenvalue weighted by Gasteiger charge is 2.37. The normalized spacial score (nSPS) is 29.8. The Hall–Kier alpha value is -0.0400. The smallest absolute Gasteiger partial charge is 0.0157 e. The van der Waals surface area contributed by atoms with E-state index in [9.17, 15) is 0 Å². The monoisotopic (exact) mass is 253 g/mol. The lowest BCUT2D eigenvalue weighted by Crippen LogP contribution is -2.46. The van der Waals surface area contributed by atoms with Crippen molar-refractivity contribution in [2.24, 2.45) is 23.0 Å². The molecule has 0 saturated heterocycles. The SMILES string of the molecule is CCC(CC)CC1(N)CCC(C(C)(C)CC)CC1. The van der Waals surface area contributed by atoms with Gasteiger partial charge in [0.05, 0.1) is 0 Å². The van der Waals surface area contributed by atoms with Crippen LogP contribution in [0.2, 0.25) is 0 Å². The minimum atomic E-state index is 0.150. The van der Waals surface area contributed by atoms with Crippen molar-refractivity contribution in [3.05, 3.63) is 0 Å². The fourth-order valence-electron chi connectivity index (χ4n) is 3.62. The van der Waals surface area contributed by atoms with Gasteiger partial charge in [-0.05, 0) is 49.4 Å². The molecule has 0 amide bonds. The summed E-state index contributed by atoms with van der Waals surface area (Å²) in [6, 6.07) is 0. The lowest BCUT2D eigenvalue weighted by molar-refractivity contribution is 0.103. The largest absolute Gasteiger partial charge is 0.325 e. The molecule has 0 radical (unpaired) electrons. The summed E-state index contributed by atoms with van der Waals surface area (Å²) in [5, 5.41) is 0. The Morgan fingerprint density at radius 3 is 2.00 bits per heavy atom. The molecule has 0 aliphatic heterocycles. The van der Waals surface area contributed by atoms with E-state index in [1.165, 1.54) is 51.4 Å². The van der Waals surface area contributed by atoms with Gasteiger partial charge in [0.1, 0.15) is 0 Å². The Morgan fingerprint density at radius 2 is 1.61 bits per heavy atom. The maximum Gasteiger partial charge on any atom is 0.0157 e. The second-order valence-corrected chi connectivity index (χ2v) is 7.37. The van der Waals surface area contributed by atoms with E-state index < -0.39 is 0 Å². The molecule has 0 spiro atoms. The zero-order valence-electron chi connectivity index (χ0n) is 13.4. The van der Waals surface area contributed by atoms with Crippen LogP contribution in [0.15, 0.2) is 0 Å². The second-order valence-electron chi connectivity index (χ2n) is 7.37. The maximum atomic E-state index is 6.66. The first kappa shape index (κ1) is 16.0. The van der Waals surface area contributed by atoms with Crippen molar-refractivity contribution in [3.63, 3.8) is 0 Å². The van der Waals surface area contributed by atoms with Gasteiger partial charge < -0.3 is 5.73 Å². The lowest BCUT2D eigenvalue weighted by atomic mass is 9.64. The summed E-state index contributed by atoms with van der Waals surface area (Å²) in [5.41, 5.74) is 7.32. The van der Waals surface area contributed by atoms with Crippen LogP contribution < -0.4 is 5.73 Å². The van der Waals surface area contributed by atoms with Gasteiger partial charge in [0, 0.05) is 5.54 Å². The number of hydrogen-bond acceptors (Lipinski definition) is 1. The van der Waals surface area contributed by atoms with Gasteiger partial charge in [-0.3, -0.25) is 0 Å². The van der Waals surface area contributed by atoms with Crippen LogP contribution in [0.3, 0.4) is 0 Å². The average Bonchev–Trinajstić information content (AvgIpc) is 2.36. The predicted molar refractivity (Wildman–Crippen MR) is 81.6 cm³/mol. The third kappa shape index (κ3) is 3.98. The van der Waals surface area contributed by atoms with Gasteiger partial charge in [-0.2, -0.15) is 0 Å². The molecule has 0 aromatic rings. The molecule has 2 N–H and O–H groups in total. The van der Waals surface area contributed by atoms with Crippen molar-refractivity contribution in [1.29, 1.82) is 0 Å². The van der Waals surface area contributed by atoms with Gasteiger partial charge in [-0.15, -0.1) is 0 Å². The fraction of sp³-hybridized carbons (Fsp3) is 1.00. The molecular weight excluding hydrogens is 218 g/mol. The van der Waals surface area contributed by atoms with E-state index in [1.807, 2.05) is 0 Å². The molecule has 1 heteroatoms. The quantitative estimate of drug-likeness (QED) is 0.697. The van der Waals surface area contributed by atoms with E-state index in [0.717, 1.165) is 11.8 Å². The summed E-state index contributed by atoms with van der Waals surface area (Å²) >= 11 is 0. The van der Waals surface area contributed by atoms with Gasteiger partial charge >= 0.3 is 0 Å². The Kier molecular flexibility index (Phi) is 5.70. The third-order valence-corrected chi connectivity index (χ3v) is 5.85. The van der Waals surface area contributed by atoms with Gasteiger partial charge in [0.2, 0.25) is 0 Å². The van der Waals surface area contributed by atoms with Crippen LogP contribution in [-0.2, 0) is 0 Å². The van der Waals surface area contributed by atoms with E-state index in [4.69, 9.17) is 5.73 Å². The Morgan fingerprint density at radius 1 is 1.11 bits per heavy atom. The number of hydrogen-bond donors (Lipinski definition) is 1. The summed E-state index contributed by atoms with van der Waals surface area (Å²) in [5.74, 6) is 1.73. The van der Waals surface area contributed by atoms with Crippen molar-refractivity contribution in [2.75, 3.05) is 0 Å². The van der Waals surface area contributed by atoms with Crippen LogP contribution in [0.5, 0.6) is 0 Å². The van der Waals surface area contributed by atoms with E-state index in [2.05, 4.69) is 34.6 Å². The third-order valence-electron chi connectivity index (χ3n) is 5.85. The van der Waals surface area contributed by atoms with Crippen LogP contribution in [0.25, 0.3) is 0 Å². The van der Waals surface area contributed by atoms with E-state index >= 15 is 0 Å². The Labute approximate surface area is 115 Å². The summed E-state index contributed by atoms with van der Waals surface area (Å²) in [7, 11) is 0. The summed E-state index contributed by atoms with van der Waals surface area (Å²) < 4.78 is 0. The molecule has 0 atom stereocenters. The molecular formula is C17H35N.